The van der Waals surface area contributed by atoms with Crippen molar-refractivity contribution < 1.29 is 4.74 Å². The van der Waals surface area contributed by atoms with Gasteiger partial charge >= 0.3 is 0 Å². The van der Waals surface area contributed by atoms with E-state index in [-0.39, 0.29) is 11.1 Å². The first-order valence-electron chi connectivity index (χ1n) is 9.80. The van der Waals surface area contributed by atoms with E-state index in [0.717, 1.165) is 22.6 Å². The van der Waals surface area contributed by atoms with Crippen LogP contribution in [0.5, 0.6) is 5.75 Å². The fourth-order valence-corrected chi connectivity index (χ4v) is 3.82. The van der Waals surface area contributed by atoms with E-state index in [1.54, 1.807) is 42.1 Å². The minimum absolute atomic E-state index is 0.247. The number of benzene rings is 2. The van der Waals surface area contributed by atoms with Gasteiger partial charge in [0.2, 0.25) is 0 Å². The van der Waals surface area contributed by atoms with Gasteiger partial charge in [0, 0.05) is 16.9 Å². The molecule has 0 radical (unpaired) electrons. The number of halogens is 1. The summed E-state index contributed by atoms with van der Waals surface area (Å²) >= 11 is 5.97. The molecule has 0 saturated carbocycles. The molecule has 0 bridgehead atoms. The van der Waals surface area contributed by atoms with Crippen molar-refractivity contribution in [3.63, 3.8) is 0 Å². The first kappa shape index (κ1) is 19.3. The second-order valence-corrected chi connectivity index (χ2v) is 7.48. The molecule has 0 aliphatic heterocycles. The molecular weight excluding hydrogens is 414 g/mol. The zero-order valence-corrected chi connectivity index (χ0v) is 17.7. The maximum absolute atomic E-state index is 13.1. The Labute approximate surface area is 182 Å². The fourth-order valence-electron chi connectivity index (χ4n) is 3.70. The summed E-state index contributed by atoms with van der Waals surface area (Å²) in [5.41, 5.74) is 4.65. The van der Waals surface area contributed by atoms with Crippen LogP contribution in [-0.4, -0.2) is 31.5 Å². The van der Waals surface area contributed by atoms with Crippen molar-refractivity contribution in [3.05, 3.63) is 81.9 Å². The highest BCUT2D eigenvalue weighted by atomic mass is 35.5. The van der Waals surface area contributed by atoms with Gasteiger partial charge in [-0.2, -0.15) is 5.10 Å². The van der Waals surface area contributed by atoms with Crippen LogP contribution < -0.4 is 10.3 Å². The molecular formula is C23H18ClN5O2. The van der Waals surface area contributed by atoms with E-state index in [9.17, 15) is 4.79 Å². The summed E-state index contributed by atoms with van der Waals surface area (Å²) in [5.74, 6) is 0.776. The van der Waals surface area contributed by atoms with Gasteiger partial charge in [-0.05, 0) is 54.4 Å². The third-order valence-electron chi connectivity index (χ3n) is 5.27. The lowest BCUT2D eigenvalue weighted by Crippen LogP contribution is -2.20. The van der Waals surface area contributed by atoms with Crippen LogP contribution in [0.2, 0.25) is 5.02 Å². The summed E-state index contributed by atoms with van der Waals surface area (Å²) in [6, 6.07) is 16.6. The van der Waals surface area contributed by atoms with Crippen LogP contribution in [0.4, 0.5) is 0 Å². The molecule has 154 valence electrons. The van der Waals surface area contributed by atoms with Crippen molar-refractivity contribution >= 4 is 28.3 Å². The Morgan fingerprint density at radius 3 is 2.42 bits per heavy atom. The maximum atomic E-state index is 13.1. The number of pyridine rings is 1. The van der Waals surface area contributed by atoms with Crippen molar-refractivity contribution in [1.29, 1.82) is 0 Å². The van der Waals surface area contributed by atoms with Crippen LogP contribution in [0, 0.1) is 0 Å². The van der Waals surface area contributed by atoms with Crippen LogP contribution >= 0.6 is 11.6 Å². The second-order valence-electron chi connectivity index (χ2n) is 7.04. The van der Waals surface area contributed by atoms with E-state index >= 15 is 0 Å². The third kappa shape index (κ3) is 3.14. The number of aryl methyl sites for hydroxylation is 1. The standard InChI is InChI=1S/C23H18ClN5O2/c1-3-18-20(14-4-10-17(31-2)11-5-14)22-26-25-21-19(29(22)27-18)12-13-28(23(21)30)16-8-6-15(24)7-9-16/h4-13H,3H2,1-2H3. The van der Waals surface area contributed by atoms with E-state index in [0.29, 0.717) is 28.3 Å². The molecule has 31 heavy (non-hydrogen) atoms. The summed E-state index contributed by atoms with van der Waals surface area (Å²) in [5, 5.41) is 14.0. The SMILES string of the molecule is CCc1nn2c(nnc3c(=O)n(-c4ccc(Cl)cc4)ccc32)c1-c1ccc(OC)cc1. The Hall–Kier alpha value is -3.71. The zero-order chi connectivity index (χ0) is 21.5. The quantitative estimate of drug-likeness (QED) is 0.423. The number of methoxy groups -OCH3 is 1. The molecule has 5 rings (SSSR count). The second kappa shape index (κ2) is 7.52. The molecule has 0 unspecified atom stereocenters. The van der Waals surface area contributed by atoms with Gasteiger partial charge in [-0.1, -0.05) is 30.7 Å². The number of ether oxygens (including phenoxy) is 1. The number of nitrogens with zero attached hydrogens (tertiary/aromatic N) is 5. The predicted molar refractivity (Wildman–Crippen MR) is 120 cm³/mol. The van der Waals surface area contributed by atoms with Crippen LogP contribution in [0.15, 0.2) is 65.6 Å². The zero-order valence-electron chi connectivity index (χ0n) is 16.9. The monoisotopic (exact) mass is 431 g/mol. The lowest BCUT2D eigenvalue weighted by atomic mass is 10.0. The fraction of sp³-hybridized carbons (Fsp3) is 0.130. The number of hydrogen-bond acceptors (Lipinski definition) is 5. The van der Waals surface area contributed by atoms with E-state index in [2.05, 4.69) is 10.2 Å². The molecule has 3 heterocycles. The number of fused-ring (bicyclic) bond motifs is 3. The molecule has 0 atom stereocenters. The average molecular weight is 432 g/mol. The van der Waals surface area contributed by atoms with Crippen LogP contribution in [0.3, 0.4) is 0 Å². The van der Waals surface area contributed by atoms with E-state index in [4.69, 9.17) is 21.4 Å². The van der Waals surface area contributed by atoms with Gasteiger partial charge in [-0.25, -0.2) is 4.52 Å². The molecule has 0 amide bonds. The molecule has 3 aromatic heterocycles. The summed E-state index contributed by atoms with van der Waals surface area (Å²) < 4.78 is 8.49. The highest BCUT2D eigenvalue weighted by Gasteiger charge is 2.19. The largest absolute Gasteiger partial charge is 0.497 e. The number of aromatic nitrogens is 5. The van der Waals surface area contributed by atoms with Gasteiger partial charge in [0.1, 0.15) is 11.3 Å². The molecule has 0 spiro atoms. The topological polar surface area (TPSA) is 74.3 Å². The Morgan fingerprint density at radius 2 is 1.74 bits per heavy atom. The normalized spacial score (nSPS) is 11.3. The van der Waals surface area contributed by atoms with E-state index < -0.39 is 0 Å². The average Bonchev–Trinajstić information content (AvgIpc) is 3.19. The molecule has 0 aliphatic rings. The number of rotatable bonds is 4. The number of hydrogen-bond donors (Lipinski definition) is 0. The Balaban J connectivity index is 1.73. The van der Waals surface area contributed by atoms with Crippen molar-refractivity contribution in [2.24, 2.45) is 0 Å². The third-order valence-corrected chi connectivity index (χ3v) is 5.52. The molecule has 0 aliphatic carbocycles. The molecule has 5 aromatic rings. The summed E-state index contributed by atoms with van der Waals surface area (Å²) in [6.45, 7) is 2.04. The molecule has 7 nitrogen and oxygen atoms in total. The van der Waals surface area contributed by atoms with Crippen LogP contribution in [0.1, 0.15) is 12.6 Å². The van der Waals surface area contributed by atoms with Gasteiger partial charge in [-0.15, -0.1) is 10.2 Å². The van der Waals surface area contributed by atoms with E-state index in [1.165, 1.54) is 4.57 Å². The van der Waals surface area contributed by atoms with Crippen molar-refractivity contribution in [2.45, 2.75) is 13.3 Å². The lowest BCUT2D eigenvalue weighted by molar-refractivity contribution is 0.415. The predicted octanol–water partition coefficient (Wildman–Crippen LogP) is 4.32. The van der Waals surface area contributed by atoms with Gasteiger partial charge in [0.25, 0.3) is 5.56 Å². The van der Waals surface area contributed by atoms with Crippen molar-refractivity contribution in [3.8, 4) is 22.6 Å². The molecule has 0 saturated heterocycles. The first-order valence-corrected chi connectivity index (χ1v) is 10.2. The van der Waals surface area contributed by atoms with Crippen molar-refractivity contribution in [1.82, 2.24) is 24.4 Å². The maximum Gasteiger partial charge on any atom is 0.285 e. The van der Waals surface area contributed by atoms with Crippen LogP contribution in [-0.2, 0) is 6.42 Å². The van der Waals surface area contributed by atoms with Crippen molar-refractivity contribution in [2.75, 3.05) is 7.11 Å². The van der Waals surface area contributed by atoms with E-state index in [1.807, 2.05) is 37.3 Å². The smallest absolute Gasteiger partial charge is 0.285 e. The highest BCUT2D eigenvalue weighted by molar-refractivity contribution is 6.30. The van der Waals surface area contributed by atoms with Gasteiger partial charge in [-0.3, -0.25) is 9.36 Å². The Bertz CT molecular complexity index is 1470. The minimum Gasteiger partial charge on any atom is -0.497 e. The van der Waals surface area contributed by atoms with Gasteiger partial charge in [0.05, 0.1) is 18.4 Å². The molecule has 2 aromatic carbocycles. The molecule has 0 N–H and O–H groups in total. The van der Waals surface area contributed by atoms with Gasteiger partial charge in [0.15, 0.2) is 11.2 Å². The Kier molecular flexibility index (Phi) is 4.67. The lowest BCUT2D eigenvalue weighted by Gasteiger charge is -2.07. The molecule has 0 fully saturated rings. The minimum atomic E-state index is -0.270. The Morgan fingerprint density at radius 1 is 1.00 bits per heavy atom. The first-order chi connectivity index (χ1) is 15.1. The van der Waals surface area contributed by atoms with Gasteiger partial charge < -0.3 is 4.74 Å². The molecule has 8 heteroatoms. The summed E-state index contributed by atoms with van der Waals surface area (Å²) in [6.07, 6.45) is 2.43. The summed E-state index contributed by atoms with van der Waals surface area (Å²) in [4.78, 5) is 13.1. The summed E-state index contributed by atoms with van der Waals surface area (Å²) in [7, 11) is 1.64. The highest BCUT2D eigenvalue weighted by Crippen LogP contribution is 2.30. The van der Waals surface area contributed by atoms with Crippen LogP contribution in [0.25, 0.3) is 33.5 Å².